The molecule has 0 aliphatic heterocycles. The molecular weight excluding hydrogens is 504 g/mol. The third-order valence-corrected chi connectivity index (χ3v) is 6.12. The number of aromatic nitrogens is 6. The molecule has 0 atom stereocenters. The Balaban J connectivity index is 1.42. The van der Waals surface area contributed by atoms with E-state index in [1.165, 1.54) is 43.4 Å². The molecular formula is C25H22F4N8O. The van der Waals surface area contributed by atoms with Gasteiger partial charge >= 0.3 is 6.18 Å². The zero-order valence-electron chi connectivity index (χ0n) is 20.3. The number of imidazole rings is 1. The quantitative estimate of drug-likeness (QED) is 0.246. The largest absolute Gasteiger partial charge is 0.480 e. The SMILES string of the molecule is COc1ncnc(C2CC2)c1-c1ncc(C=N)c(NCc2ccc(-c3nc(C(F)(F)F)cn3C)cc2F)n1. The molecule has 5 rings (SSSR count). The second-order valence-electron chi connectivity index (χ2n) is 8.78. The number of nitrogens with one attached hydrogen (secondary N) is 2. The van der Waals surface area contributed by atoms with Crippen LogP contribution >= 0.6 is 0 Å². The molecule has 1 aromatic carbocycles. The Labute approximate surface area is 214 Å². The average Bonchev–Trinajstić information content (AvgIpc) is 3.67. The maximum absolute atomic E-state index is 15.0. The van der Waals surface area contributed by atoms with Crippen molar-refractivity contribution in [2.75, 3.05) is 12.4 Å². The Morgan fingerprint density at radius 3 is 2.61 bits per heavy atom. The highest BCUT2D eigenvalue weighted by Crippen LogP contribution is 2.45. The van der Waals surface area contributed by atoms with E-state index in [9.17, 15) is 17.6 Å². The molecule has 9 nitrogen and oxygen atoms in total. The van der Waals surface area contributed by atoms with E-state index in [0.717, 1.165) is 37.0 Å². The summed E-state index contributed by atoms with van der Waals surface area (Å²) >= 11 is 0. The van der Waals surface area contributed by atoms with Crippen molar-refractivity contribution in [3.05, 3.63) is 65.3 Å². The minimum absolute atomic E-state index is 0.00429. The van der Waals surface area contributed by atoms with Crippen LogP contribution in [0.3, 0.4) is 0 Å². The first-order valence-electron chi connectivity index (χ1n) is 11.6. The van der Waals surface area contributed by atoms with Crippen molar-refractivity contribution in [2.24, 2.45) is 7.05 Å². The van der Waals surface area contributed by atoms with Crippen molar-refractivity contribution in [3.8, 4) is 28.7 Å². The van der Waals surface area contributed by atoms with Crippen LogP contribution in [0.1, 0.15) is 41.3 Å². The Morgan fingerprint density at radius 2 is 1.97 bits per heavy atom. The molecule has 38 heavy (non-hydrogen) atoms. The highest BCUT2D eigenvalue weighted by Gasteiger charge is 2.35. The molecule has 3 aromatic heterocycles. The predicted octanol–water partition coefficient (Wildman–Crippen LogP) is 4.99. The molecule has 4 aromatic rings. The molecule has 1 saturated carbocycles. The highest BCUT2D eigenvalue weighted by atomic mass is 19.4. The summed E-state index contributed by atoms with van der Waals surface area (Å²) in [5.41, 5.74) is 1.13. The molecule has 0 amide bonds. The Hall–Kier alpha value is -4.42. The van der Waals surface area contributed by atoms with E-state index < -0.39 is 17.7 Å². The van der Waals surface area contributed by atoms with Crippen LogP contribution in [0.5, 0.6) is 5.88 Å². The van der Waals surface area contributed by atoms with E-state index in [-0.39, 0.29) is 29.4 Å². The number of halogens is 4. The third kappa shape index (κ3) is 4.91. The Bertz CT molecular complexity index is 1510. The predicted molar refractivity (Wildman–Crippen MR) is 130 cm³/mol. The van der Waals surface area contributed by atoms with Crippen LogP contribution in [-0.2, 0) is 19.8 Å². The van der Waals surface area contributed by atoms with E-state index in [0.29, 0.717) is 28.6 Å². The fourth-order valence-electron chi connectivity index (χ4n) is 4.05. The summed E-state index contributed by atoms with van der Waals surface area (Å²) in [6.07, 6.45) is 2.21. The second-order valence-corrected chi connectivity index (χ2v) is 8.78. The van der Waals surface area contributed by atoms with Crippen molar-refractivity contribution < 1.29 is 22.3 Å². The number of hydrogen-bond acceptors (Lipinski definition) is 8. The van der Waals surface area contributed by atoms with Gasteiger partial charge in [-0.3, -0.25) is 0 Å². The van der Waals surface area contributed by atoms with Crippen molar-refractivity contribution in [1.29, 1.82) is 5.41 Å². The molecule has 13 heteroatoms. The van der Waals surface area contributed by atoms with Gasteiger partial charge in [0.1, 0.15) is 29.4 Å². The molecule has 0 spiro atoms. The van der Waals surface area contributed by atoms with Gasteiger partial charge in [0.25, 0.3) is 0 Å². The van der Waals surface area contributed by atoms with Crippen molar-refractivity contribution in [1.82, 2.24) is 29.5 Å². The summed E-state index contributed by atoms with van der Waals surface area (Å²) in [6.45, 7) is -0.00429. The van der Waals surface area contributed by atoms with Gasteiger partial charge in [0.15, 0.2) is 11.5 Å². The topological polar surface area (TPSA) is 114 Å². The Kier molecular flexibility index (Phi) is 6.51. The number of benzene rings is 1. The van der Waals surface area contributed by atoms with E-state index >= 15 is 0 Å². The van der Waals surface area contributed by atoms with Gasteiger partial charge in [-0.25, -0.2) is 29.3 Å². The summed E-state index contributed by atoms with van der Waals surface area (Å²) < 4.78 is 60.6. The van der Waals surface area contributed by atoms with Crippen LogP contribution in [0.25, 0.3) is 22.8 Å². The van der Waals surface area contributed by atoms with E-state index in [2.05, 4.69) is 30.2 Å². The van der Waals surface area contributed by atoms with Gasteiger partial charge in [0.2, 0.25) is 5.88 Å². The number of alkyl halides is 3. The zero-order valence-corrected chi connectivity index (χ0v) is 20.3. The minimum atomic E-state index is -4.60. The molecule has 1 aliphatic rings. The first-order chi connectivity index (χ1) is 18.2. The standard InChI is InChI=1S/C25H22F4N8O/c1-37-11-18(25(27,28)29)35-23(37)14-5-6-15(17(26)7-14)9-31-21-16(8-30)10-32-22(36-21)19-20(13-3-4-13)33-12-34-24(19)38-2/h5-8,10-13,30H,3-4,9H2,1-2H3,(H,31,32,36). The van der Waals surface area contributed by atoms with Crippen LogP contribution in [-0.4, -0.2) is 42.8 Å². The maximum Gasteiger partial charge on any atom is 0.434 e. The summed E-state index contributed by atoms with van der Waals surface area (Å²) in [6, 6.07) is 4.10. The molecule has 196 valence electrons. The van der Waals surface area contributed by atoms with Crippen molar-refractivity contribution >= 4 is 12.0 Å². The van der Waals surface area contributed by atoms with E-state index in [1.54, 1.807) is 0 Å². The lowest BCUT2D eigenvalue weighted by Gasteiger charge is -2.14. The molecule has 0 saturated heterocycles. The lowest BCUT2D eigenvalue weighted by Crippen LogP contribution is -2.09. The van der Waals surface area contributed by atoms with Gasteiger partial charge in [0, 0.05) is 49.2 Å². The van der Waals surface area contributed by atoms with Crippen LogP contribution in [0.4, 0.5) is 23.4 Å². The molecule has 0 radical (unpaired) electrons. The minimum Gasteiger partial charge on any atom is -0.480 e. The monoisotopic (exact) mass is 526 g/mol. The fraction of sp³-hybridized carbons (Fsp3) is 0.280. The smallest absolute Gasteiger partial charge is 0.434 e. The van der Waals surface area contributed by atoms with Gasteiger partial charge < -0.3 is 20.0 Å². The molecule has 1 aliphatic carbocycles. The number of nitrogens with zero attached hydrogens (tertiary/aromatic N) is 6. The highest BCUT2D eigenvalue weighted by molar-refractivity contribution is 5.84. The fourth-order valence-corrected chi connectivity index (χ4v) is 4.05. The van der Waals surface area contributed by atoms with Crippen molar-refractivity contribution in [2.45, 2.75) is 31.5 Å². The summed E-state index contributed by atoms with van der Waals surface area (Å²) in [5, 5.41) is 10.7. The van der Waals surface area contributed by atoms with Gasteiger partial charge in [0.05, 0.1) is 18.4 Å². The number of aryl methyl sites for hydroxylation is 1. The average molecular weight is 526 g/mol. The number of ether oxygens (including phenoxy) is 1. The van der Waals surface area contributed by atoms with Gasteiger partial charge in [-0.1, -0.05) is 12.1 Å². The normalized spacial score (nSPS) is 13.4. The summed E-state index contributed by atoms with van der Waals surface area (Å²) in [7, 11) is 2.91. The van der Waals surface area contributed by atoms with E-state index in [1.807, 2.05) is 0 Å². The van der Waals surface area contributed by atoms with Gasteiger partial charge in [-0.05, 0) is 18.9 Å². The molecule has 3 heterocycles. The number of hydrogen-bond donors (Lipinski definition) is 2. The van der Waals surface area contributed by atoms with Gasteiger partial charge in [-0.15, -0.1) is 0 Å². The number of rotatable bonds is 8. The molecule has 1 fully saturated rings. The van der Waals surface area contributed by atoms with Crippen molar-refractivity contribution in [3.63, 3.8) is 0 Å². The number of methoxy groups -OCH3 is 1. The summed E-state index contributed by atoms with van der Waals surface area (Å²) in [4.78, 5) is 21.1. The van der Waals surface area contributed by atoms with Gasteiger partial charge in [-0.2, -0.15) is 13.2 Å². The van der Waals surface area contributed by atoms with Crippen LogP contribution in [0, 0.1) is 11.2 Å². The van der Waals surface area contributed by atoms with Crippen LogP contribution in [0.15, 0.2) is 36.9 Å². The van der Waals surface area contributed by atoms with E-state index in [4.69, 9.17) is 10.1 Å². The molecule has 0 unspecified atom stereocenters. The maximum atomic E-state index is 15.0. The lowest BCUT2D eigenvalue weighted by atomic mass is 10.1. The first-order valence-corrected chi connectivity index (χ1v) is 11.6. The second kappa shape index (κ2) is 9.80. The Morgan fingerprint density at radius 1 is 1.18 bits per heavy atom. The summed E-state index contributed by atoms with van der Waals surface area (Å²) in [5.74, 6) is 0.561. The number of anilines is 1. The first kappa shape index (κ1) is 25.2. The molecule has 0 bridgehead atoms. The van der Waals surface area contributed by atoms with Crippen LogP contribution in [0.2, 0.25) is 0 Å². The zero-order chi connectivity index (χ0) is 27.0. The molecule has 2 N–H and O–H groups in total. The third-order valence-electron chi connectivity index (χ3n) is 6.12. The van der Waals surface area contributed by atoms with Crippen LogP contribution < -0.4 is 10.1 Å². The lowest BCUT2D eigenvalue weighted by molar-refractivity contribution is -0.140.